The Hall–Kier alpha value is -0.830. The second-order valence-electron chi connectivity index (χ2n) is 3.52. The zero-order chi connectivity index (χ0) is 8.48. The lowest BCUT2D eigenvalue weighted by Gasteiger charge is -2.36. The average Bonchev–Trinajstić information content (AvgIpc) is 1.85. The standard InChI is InChI=1S/C8H13NO2/c1-9(2)6-4-3-5-7(9)8(10)11/h3-4,7H,5-6H2,1-2H3/p+1. The predicted molar refractivity (Wildman–Crippen MR) is 42.2 cm³/mol. The molecule has 1 unspecified atom stereocenters. The van der Waals surface area contributed by atoms with Crippen molar-refractivity contribution in [3.8, 4) is 0 Å². The fraction of sp³-hybridized carbons (Fsp3) is 0.625. The first-order valence-corrected chi connectivity index (χ1v) is 3.74. The molecular weight excluding hydrogens is 142 g/mol. The van der Waals surface area contributed by atoms with Crippen molar-refractivity contribution in [3.05, 3.63) is 12.2 Å². The van der Waals surface area contributed by atoms with E-state index >= 15 is 0 Å². The molecule has 0 aromatic rings. The Balaban J connectivity index is 2.78. The number of hydrogen-bond donors (Lipinski definition) is 1. The van der Waals surface area contributed by atoms with Crippen molar-refractivity contribution < 1.29 is 14.4 Å². The molecule has 3 heteroatoms. The van der Waals surface area contributed by atoms with Crippen LogP contribution in [0.3, 0.4) is 0 Å². The monoisotopic (exact) mass is 156 g/mol. The van der Waals surface area contributed by atoms with E-state index in [0.717, 1.165) is 6.54 Å². The van der Waals surface area contributed by atoms with Gasteiger partial charge in [-0.15, -0.1) is 0 Å². The SMILES string of the molecule is C[N+]1(C)CC=CCC1C(=O)O. The van der Waals surface area contributed by atoms with Gasteiger partial charge in [0.05, 0.1) is 20.6 Å². The normalized spacial score (nSPS) is 28.4. The van der Waals surface area contributed by atoms with Crippen LogP contribution in [0.5, 0.6) is 0 Å². The topological polar surface area (TPSA) is 37.3 Å². The molecule has 1 aliphatic heterocycles. The zero-order valence-electron chi connectivity index (χ0n) is 6.95. The van der Waals surface area contributed by atoms with E-state index in [0.29, 0.717) is 10.9 Å². The Labute approximate surface area is 66.5 Å². The van der Waals surface area contributed by atoms with Crippen LogP contribution in [0.25, 0.3) is 0 Å². The Kier molecular flexibility index (Phi) is 2.00. The van der Waals surface area contributed by atoms with Crippen LogP contribution in [0, 0.1) is 0 Å². The van der Waals surface area contributed by atoms with Gasteiger partial charge in [0.25, 0.3) is 0 Å². The third kappa shape index (κ3) is 1.60. The lowest BCUT2D eigenvalue weighted by molar-refractivity contribution is -0.902. The van der Waals surface area contributed by atoms with Crippen molar-refractivity contribution in [2.75, 3.05) is 20.6 Å². The summed E-state index contributed by atoms with van der Waals surface area (Å²) in [6.07, 6.45) is 4.64. The summed E-state index contributed by atoms with van der Waals surface area (Å²) < 4.78 is 0.561. The highest BCUT2D eigenvalue weighted by Crippen LogP contribution is 2.16. The molecule has 0 saturated heterocycles. The molecule has 0 amide bonds. The fourth-order valence-electron chi connectivity index (χ4n) is 1.38. The van der Waals surface area contributed by atoms with Gasteiger partial charge in [-0.2, -0.15) is 0 Å². The molecule has 1 N–H and O–H groups in total. The number of rotatable bonds is 1. The average molecular weight is 156 g/mol. The summed E-state index contributed by atoms with van der Waals surface area (Å²) in [7, 11) is 3.89. The van der Waals surface area contributed by atoms with Crippen molar-refractivity contribution in [2.45, 2.75) is 12.5 Å². The van der Waals surface area contributed by atoms with Crippen LogP contribution in [-0.2, 0) is 4.79 Å². The summed E-state index contributed by atoms with van der Waals surface area (Å²) in [5.41, 5.74) is 0. The van der Waals surface area contributed by atoms with E-state index in [1.165, 1.54) is 0 Å². The molecule has 0 spiro atoms. The number of quaternary nitrogens is 1. The van der Waals surface area contributed by atoms with E-state index in [2.05, 4.69) is 0 Å². The Morgan fingerprint density at radius 2 is 2.18 bits per heavy atom. The maximum atomic E-state index is 10.7. The largest absolute Gasteiger partial charge is 0.477 e. The van der Waals surface area contributed by atoms with Crippen LogP contribution >= 0.6 is 0 Å². The summed E-state index contributed by atoms with van der Waals surface area (Å²) in [5, 5.41) is 8.82. The van der Waals surface area contributed by atoms with Gasteiger partial charge in [-0.05, 0) is 6.08 Å². The van der Waals surface area contributed by atoms with Gasteiger partial charge < -0.3 is 9.59 Å². The molecule has 1 atom stereocenters. The molecular formula is C8H14NO2+. The van der Waals surface area contributed by atoms with Gasteiger partial charge in [0, 0.05) is 6.42 Å². The van der Waals surface area contributed by atoms with Crippen LogP contribution in [0.1, 0.15) is 6.42 Å². The Morgan fingerprint density at radius 1 is 1.55 bits per heavy atom. The number of hydrogen-bond acceptors (Lipinski definition) is 1. The smallest absolute Gasteiger partial charge is 0.362 e. The maximum absolute atomic E-state index is 10.7. The molecule has 1 aliphatic rings. The number of carboxylic acid groups (broad SMARTS) is 1. The summed E-state index contributed by atoms with van der Waals surface area (Å²) in [5.74, 6) is -0.695. The minimum absolute atomic E-state index is 0.264. The molecule has 62 valence electrons. The minimum atomic E-state index is -0.695. The van der Waals surface area contributed by atoms with Gasteiger partial charge in [-0.25, -0.2) is 4.79 Å². The van der Waals surface area contributed by atoms with Crippen molar-refractivity contribution in [1.29, 1.82) is 0 Å². The molecule has 0 bridgehead atoms. The van der Waals surface area contributed by atoms with Crippen LogP contribution < -0.4 is 0 Å². The lowest BCUT2D eigenvalue weighted by atomic mass is 10.1. The number of likely N-dealkylation sites (N-methyl/N-ethyl adjacent to an activating group) is 1. The molecule has 0 aliphatic carbocycles. The molecule has 11 heavy (non-hydrogen) atoms. The van der Waals surface area contributed by atoms with Gasteiger partial charge in [0.15, 0.2) is 6.04 Å². The molecule has 0 aromatic carbocycles. The third-order valence-electron chi connectivity index (χ3n) is 2.23. The molecule has 1 heterocycles. The van der Waals surface area contributed by atoms with Crippen molar-refractivity contribution in [2.24, 2.45) is 0 Å². The predicted octanol–water partition coefficient (Wildman–Crippen LogP) is 0.476. The van der Waals surface area contributed by atoms with Gasteiger partial charge in [-0.1, -0.05) is 6.08 Å². The van der Waals surface area contributed by atoms with E-state index in [1.807, 2.05) is 26.2 Å². The first-order chi connectivity index (χ1) is 5.04. The van der Waals surface area contributed by atoms with Gasteiger partial charge in [0.2, 0.25) is 0 Å². The second-order valence-corrected chi connectivity index (χ2v) is 3.52. The van der Waals surface area contributed by atoms with Crippen molar-refractivity contribution >= 4 is 5.97 Å². The highest BCUT2D eigenvalue weighted by molar-refractivity contribution is 5.72. The van der Waals surface area contributed by atoms with Crippen LogP contribution in [0.15, 0.2) is 12.2 Å². The van der Waals surface area contributed by atoms with Crippen molar-refractivity contribution in [3.63, 3.8) is 0 Å². The van der Waals surface area contributed by atoms with Crippen LogP contribution in [0.4, 0.5) is 0 Å². The van der Waals surface area contributed by atoms with Crippen LogP contribution in [-0.4, -0.2) is 42.2 Å². The van der Waals surface area contributed by atoms with Crippen LogP contribution in [0.2, 0.25) is 0 Å². The van der Waals surface area contributed by atoms with E-state index in [-0.39, 0.29) is 6.04 Å². The summed E-state index contributed by atoms with van der Waals surface area (Å²) >= 11 is 0. The molecule has 0 aromatic heterocycles. The highest BCUT2D eigenvalue weighted by atomic mass is 16.4. The third-order valence-corrected chi connectivity index (χ3v) is 2.23. The number of nitrogens with zero attached hydrogens (tertiary/aromatic N) is 1. The number of aliphatic carboxylic acids is 1. The summed E-state index contributed by atoms with van der Waals surface area (Å²) in [4.78, 5) is 10.7. The summed E-state index contributed by atoms with van der Waals surface area (Å²) in [6.45, 7) is 0.816. The molecule has 1 rings (SSSR count). The first-order valence-electron chi connectivity index (χ1n) is 3.74. The second kappa shape index (κ2) is 2.66. The first kappa shape index (κ1) is 8.27. The highest BCUT2D eigenvalue weighted by Gasteiger charge is 2.34. The Morgan fingerprint density at radius 3 is 2.55 bits per heavy atom. The molecule has 0 fully saturated rings. The minimum Gasteiger partial charge on any atom is -0.477 e. The van der Waals surface area contributed by atoms with Gasteiger partial charge in [-0.3, -0.25) is 0 Å². The van der Waals surface area contributed by atoms with E-state index in [9.17, 15) is 4.79 Å². The maximum Gasteiger partial charge on any atom is 0.362 e. The molecule has 0 radical (unpaired) electrons. The quantitative estimate of drug-likeness (QED) is 0.443. The van der Waals surface area contributed by atoms with Gasteiger partial charge >= 0.3 is 5.97 Å². The number of carbonyl (C=O) groups is 1. The van der Waals surface area contributed by atoms with E-state index < -0.39 is 5.97 Å². The zero-order valence-corrected chi connectivity index (χ0v) is 6.95. The Bertz CT molecular complexity index is 196. The summed E-state index contributed by atoms with van der Waals surface area (Å²) in [6, 6.07) is -0.264. The van der Waals surface area contributed by atoms with Gasteiger partial charge in [0.1, 0.15) is 0 Å². The molecule has 0 saturated carbocycles. The molecule has 3 nitrogen and oxygen atoms in total. The van der Waals surface area contributed by atoms with Crippen molar-refractivity contribution in [1.82, 2.24) is 0 Å². The fourth-order valence-corrected chi connectivity index (χ4v) is 1.38. The number of carboxylic acids is 1. The van der Waals surface area contributed by atoms with E-state index in [1.54, 1.807) is 0 Å². The van der Waals surface area contributed by atoms with E-state index in [4.69, 9.17) is 5.11 Å². The lowest BCUT2D eigenvalue weighted by Crippen LogP contribution is -2.54.